The van der Waals surface area contributed by atoms with Crippen LogP contribution in [0.1, 0.15) is 52.0 Å². The van der Waals surface area contributed by atoms with Crippen LogP contribution in [0, 0.1) is 5.92 Å². The minimum absolute atomic E-state index is 0.126. The fourth-order valence-corrected chi connectivity index (χ4v) is 4.16. The highest BCUT2D eigenvalue weighted by Crippen LogP contribution is 2.45. The Bertz CT molecular complexity index is 552. The Kier molecular flexibility index (Phi) is 5.09. The molecule has 0 bridgehead atoms. The van der Waals surface area contributed by atoms with E-state index in [1.165, 1.54) is 0 Å². The van der Waals surface area contributed by atoms with Gasteiger partial charge in [0.2, 0.25) is 0 Å². The molecule has 23 heavy (non-hydrogen) atoms. The summed E-state index contributed by atoms with van der Waals surface area (Å²) in [5.41, 5.74) is 6.36. The first-order valence-electron chi connectivity index (χ1n) is 7.95. The zero-order chi connectivity index (χ0) is 17.4. The van der Waals surface area contributed by atoms with E-state index >= 15 is 0 Å². The molecule has 1 aliphatic heterocycles. The molecule has 0 spiro atoms. The Morgan fingerprint density at radius 3 is 2.13 bits per heavy atom. The number of hydrogen-bond donors (Lipinski definition) is 2. The Morgan fingerprint density at radius 1 is 1.22 bits per heavy atom. The SMILES string of the molecule is CC1(C)CC(C(c2ccc(Cl)cc2)[C@H](N)C(=O)O)CC(C)(C)O1. The quantitative estimate of drug-likeness (QED) is 0.874. The molecule has 0 aliphatic carbocycles. The number of aliphatic carboxylic acids is 1. The fourth-order valence-electron chi connectivity index (χ4n) is 4.03. The summed E-state index contributed by atoms with van der Waals surface area (Å²) >= 11 is 5.97. The molecule has 0 saturated carbocycles. The van der Waals surface area contributed by atoms with Crippen LogP contribution < -0.4 is 5.73 Å². The Morgan fingerprint density at radius 2 is 1.70 bits per heavy atom. The first kappa shape index (κ1) is 18.2. The van der Waals surface area contributed by atoms with Crippen molar-refractivity contribution in [2.75, 3.05) is 0 Å². The second-order valence-electron chi connectivity index (χ2n) is 7.73. The number of carboxylic acids is 1. The lowest BCUT2D eigenvalue weighted by molar-refractivity contribution is -0.177. The van der Waals surface area contributed by atoms with Gasteiger partial charge in [0.05, 0.1) is 11.2 Å². The van der Waals surface area contributed by atoms with Crippen LogP contribution in [-0.4, -0.2) is 28.3 Å². The van der Waals surface area contributed by atoms with E-state index in [-0.39, 0.29) is 23.0 Å². The van der Waals surface area contributed by atoms with Crippen molar-refractivity contribution in [1.29, 1.82) is 0 Å². The summed E-state index contributed by atoms with van der Waals surface area (Å²) in [6.45, 7) is 8.19. The lowest BCUT2D eigenvalue weighted by Gasteiger charge is -2.48. The number of hydrogen-bond acceptors (Lipinski definition) is 3. The van der Waals surface area contributed by atoms with Gasteiger partial charge < -0.3 is 15.6 Å². The van der Waals surface area contributed by atoms with E-state index in [9.17, 15) is 9.90 Å². The van der Waals surface area contributed by atoms with Crippen LogP contribution >= 0.6 is 11.6 Å². The lowest BCUT2D eigenvalue weighted by atomic mass is 9.70. The fraction of sp³-hybridized carbons (Fsp3) is 0.611. The van der Waals surface area contributed by atoms with Gasteiger partial charge in [-0.25, -0.2) is 0 Å². The van der Waals surface area contributed by atoms with Gasteiger partial charge in [0, 0.05) is 10.9 Å². The van der Waals surface area contributed by atoms with Crippen LogP contribution in [0.2, 0.25) is 5.02 Å². The number of nitrogens with two attached hydrogens (primary N) is 1. The van der Waals surface area contributed by atoms with Crippen LogP contribution in [0.15, 0.2) is 24.3 Å². The van der Waals surface area contributed by atoms with E-state index in [0.29, 0.717) is 5.02 Å². The van der Waals surface area contributed by atoms with Crippen molar-refractivity contribution < 1.29 is 14.6 Å². The van der Waals surface area contributed by atoms with E-state index in [1.54, 1.807) is 12.1 Å². The minimum Gasteiger partial charge on any atom is -0.480 e. The monoisotopic (exact) mass is 339 g/mol. The molecule has 1 fully saturated rings. The van der Waals surface area contributed by atoms with Gasteiger partial charge in [0.15, 0.2) is 0 Å². The molecule has 1 aromatic rings. The van der Waals surface area contributed by atoms with E-state index in [1.807, 2.05) is 39.8 Å². The zero-order valence-corrected chi connectivity index (χ0v) is 14.9. The molecule has 1 saturated heterocycles. The van der Waals surface area contributed by atoms with Crippen LogP contribution in [-0.2, 0) is 9.53 Å². The third kappa shape index (κ3) is 4.46. The summed E-state index contributed by atoms with van der Waals surface area (Å²) in [7, 11) is 0. The molecule has 0 amide bonds. The van der Waals surface area contributed by atoms with Gasteiger partial charge in [-0.15, -0.1) is 0 Å². The zero-order valence-electron chi connectivity index (χ0n) is 14.2. The van der Waals surface area contributed by atoms with Crippen LogP contribution in [0.25, 0.3) is 0 Å². The molecule has 128 valence electrons. The van der Waals surface area contributed by atoms with Crippen LogP contribution in [0.5, 0.6) is 0 Å². The second-order valence-corrected chi connectivity index (χ2v) is 8.17. The summed E-state index contributed by atoms with van der Waals surface area (Å²) in [6, 6.07) is 6.38. The molecule has 4 nitrogen and oxygen atoms in total. The highest BCUT2D eigenvalue weighted by Gasteiger charge is 2.45. The second kappa shape index (κ2) is 6.42. The van der Waals surface area contributed by atoms with Crippen molar-refractivity contribution >= 4 is 17.6 Å². The Balaban J connectivity index is 2.40. The maximum absolute atomic E-state index is 11.6. The average Bonchev–Trinajstić information content (AvgIpc) is 2.37. The highest BCUT2D eigenvalue weighted by atomic mass is 35.5. The molecule has 3 N–H and O–H groups in total. The van der Waals surface area contributed by atoms with Gasteiger partial charge >= 0.3 is 5.97 Å². The topological polar surface area (TPSA) is 72.6 Å². The Labute approximate surface area is 143 Å². The Hall–Kier alpha value is -1.10. The molecule has 1 unspecified atom stereocenters. The predicted molar refractivity (Wildman–Crippen MR) is 91.8 cm³/mol. The largest absolute Gasteiger partial charge is 0.480 e. The lowest BCUT2D eigenvalue weighted by Crippen LogP contribution is -2.50. The van der Waals surface area contributed by atoms with Crippen molar-refractivity contribution in [3.05, 3.63) is 34.9 Å². The van der Waals surface area contributed by atoms with E-state index in [0.717, 1.165) is 18.4 Å². The maximum Gasteiger partial charge on any atom is 0.321 e. The molecule has 5 heteroatoms. The third-order valence-electron chi connectivity index (χ3n) is 4.49. The van der Waals surface area contributed by atoms with Crippen molar-refractivity contribution in [2.45, 2.75) is 63.7 Å². The minimum atomic E-state index is -0.980. The highest BCUT2D eigenvalue weighted by molar-refractivity contribution is 6.30. The molecule has 1 aromatic carbocycles. The van der Waals surface area contributed by atoms with Gasteiger partial charge in [-0.05, 0) is 64.2 Å². The van der Waals surface area contributed by atoms with E-state index in [2.05, 4.69) is 0 Å². The van der Waals surface area contributed by atoms with E-state index < -0.39 is 12.0 Å². The van der Waals surface area contributed by atoms with Crippen molar-refractivity contribution in [2.24, 2.45) is 11.7 Å². The molecular weight excluding hydrogens is 314 g/mol. The number of carbonyl (C=O) groups is 1. The number of benzene rings is 1. The smallest absolute Gasteiger partial charge is 0.321 e. The molecule has 2 rings (SSSR count). The normalized spacial score (nSPS) is 23.2. The maximum atomic E-state index is 11.6. The predicted octanol–water partition coefficient (Wildman–Crippen LogP) is 3.82. The molecule has 0 aromatic heterocycles. The summed E-state index contributed by atoms with van der Waals surface area (Å²) in [5.74, 6) is -1.12. The van der Waals surface area contributed by atoms with Crippen molar-refractivity contribution in [3.8, 4) is 0 Å². The van der Waals surface area contributed by atoms with Gasteiger partial charge in [-0.3, -0.25) is 4.79 Å². The molecule has 0 radical (unpaired) electrons. The average molecular weight is 340 g/mol. The molecule has 2 atom stereocenters. The van der Waals surface area contributed by atoms with Gasteiger partial charge in [0.1, 0.15) is 6.04 Å². The van der Waals surface area contributed by atoms with Gasteiger partial charge in [-0.1, -0.05) is 23.7 Å². The first-order chi connectivity index (χ1) is 10.5. The summed E-state index contributed by atoms with van der Waals surface area (Å²) in [4.78, 5) is 11.6. The van der Waals surface area contributed by atoms with Crippen molar-refractivity contribution in [1.82, 2.24) is 0 Å². The third-order valence-corrected chi connectivity index (χ3v) is 4.75. The first-order valence-corrected chi connectivity index (χ1v) is 8.33. The van der Waals surface area contributed by atoms with E-state index in [4.69, 9.17) is 22.1 Å². The molecular formula is C18H26ClNO3. The molecule has 1 aliphatic rings. The molecule has 1 heterocycles. The van der Waals surface area contributed by atoms with Gasteiger partial charge in [0.25, 0.3) is 0 Å². The van der Waals surface area contributed by atoms with Crippen LogP contribution in [0.3, 0.4) is 0 Å². The number of ether oxygens (including phenoxy) is 1. The van der Waals surface area contributed by atoms with Crippen LogP contribution in [0.4, 0.5) is 0 Å². The summed E-state index contributed by atoms with van der Waals surface area (Å²) in [6.07, 6.45) is 1.54. The standard InChI is InChI=1S/C18H26ClNO3/c1-17(2)9-12(10-18(3,4)23-17)14(15(20)16(21)22)11-5-7-13(19)8-6-11/h5-8,12,14-15H,9-10,20H2,1-4H3,(H,21,22)/t14?,15-/m0/s1. The summed E-state index contributed by atoms with van der Waals surface area (Å²) in [5, 5.41) is 10.1. The van der Waals surface area contributed by atoms with Crippen molar-refractivity contribution in [3.63, 3.8) is 0 Å². The number of rotatable bonds is 4. The summed E-state index contributed by atoms with van der Waals surface area (Å²) < 4.78 is 6.13. The number of carboxylic acid groups (broad SMARTS) is 1. The number of halogens is 1. The van der Waals surface area contributed by atoms with Gasteiger partial charge in [-0.2, -0.15) is 0 Å².